The highest BCUT2D eigenvalue weighted by atomic mass is 19.4. The molecule has 0 aliphatic carbocycles. The fourth-order valence-corrected chi connectivity index (χ4v) is 7.14. The molecule has 0 saturated carbocycles. The smallest absolute Gasteiger partial charge is 0.471 e. The van der Waals surface area contributed by atoms with Gasteiger partial charge in [-0.1, -0.05) is 72.8 Å². The molecule has 4 atom stereocenters. The Morgan fingerprint density at radius 3 is 1.97 bits per heavy atom. The van der Waals surface area contributed by atoms with Gasteiger partial charge in [0.25, 0.3) is 5.91 Å². The summed E-state index contributed by atoms with van der Waals surface area (Å²) in [5.74, 6) is -2.04. The Hall–Kier alpha value is -6.93. The number of aliphatic hydroxyl groups excluding tert-OH is 1. The molecule has 19 heteroatoms. The van der Waals surface area contributed by atoms with Crippen LogP contribution in [0.3, 0.4) is 0 Å². The zero-order chi connectivity index (χ0) is 44.6. The molecule has 0 bridgehead atoms. The third kappa shape index (κ3) is 9.76. The van der Waals surface area contributed by atoms with E-state index in [4.69, 9.17) is 23.7 Å². The number of halogens is 3. The fraction of sp³-hybridized carbons (Fsp3) is 0.273. The third-order valence-electron chi connectivity index (χ3n) is 10.2. The van der Waals surface area contributed by atoms with Gasteiger partial charge in [0.05, 0.1) is 27.2 Å². The Labute approximate surface area is 358 Å². The van der Waals surface area contributed by atoms with Crippen molar-refractivity contribution in [2.45, 2.75) is 36.3 Å². The Morgan fingerprint density at radius 1 is 0.778 bits per heavy atom. The summed E-state index contributed by atoms with van der Waals surface area (Å²) in [7, 11) is 3.12. The number of alkyl halides is 3. The summed E-state index contributed by atoms with van der Waals surface area (Å²) in [5.41, 5.74) is 1.59. The van der Waals surface area contributed by atoms with E-state index in [2.05, 4.69) is 25.6 Å². The number of hydrogen-bond acceptors (Lipinski definition) is 12. The number of nitrogens with zero attached hydrogens (tertiary/aromatic N) is 4. The molecular weight excluding hydrogens is 828 g/mol. The topological polar surface area (TPSA) is 197 Å². The van der Waals surface area contributed by atoms with E-state index in [1.807, 2.05) is 54.6 Å². The summed E-state index contributed by atoms with van der Waals surface area (Å²) in [6.45, 7) is -1.77. The van der Waals surface area contributed by atoms with Gasteiger partial charge in [-0.2, -0.15) is 13.2 Å². The van der Waals surface area contributed by atoms with E-state index in [9.17, 15) is 32.7 Å². The van der Waals surface area contributed by atoms with E-state index in [0.29, 0.717) is 28.2 Å². The maximum atomic E-state index is 13.1. The van der Waals surface area contributed by atoms with Gasteiger partial charge in [-0.05, 0) is 53.1 Å². The minimum atomic E-state index is -5.08. The van der Waals surface area contributed by atoms with Crippen molar-refractivity contribution in [2.75, 3.05) is 45.8 Å². The molecular formula is C44H42F3N7O9. The lowest BCUT2D eigenvalue weighted by atomic mass is 9.80. The largest absolute Gasteiger partial charge is 0.497 e. The number of methoxy groups -OCH3 is 2. The molecule has 1 aliphatic heterocycles. The summed E-state index contributed by atoms with van der Waals surface area (Å²) in [5, 5.41) is 18.8. The molecule has 16 nitrogen and oxygen atoms in total. The number of hydrogen-bond donors (Lipinski definition) is 4. The second kappa shape index (κ2) is 19.4. The number of amides is 3. The average molecular weight is 870 g/mol. The molecule has 63 heavy (non-hydrogen) atoms. The Kier molecular flexibility index (Phi) is 13.6. The molecule has 1 fully saturated rings. The summed E-state index contributed by atoms with van der Waals surface area (Å²) in [6, 6.07) is 32.6. The number of imidazole rings is 1. The van der Waals surface area contributed by atoms with Gasteiger partial charge in [0.15, 0.2) is 23.2 Å². The van der Waals surface area contributed by atoms with Gasteiger partial charge in [0.2, 0.25) is 5.91 Å². The molecule has 0 unspecified atom stereocenters. The van der Waals surface area contributed by atoms with Crippen molar-refractivity contribution in [2.24, 2.45) is 0 Å². The first-order valence-electron chi connectivity index (χ1n) is 19.5. The van der Waals surface area contributed by atoms with Gasteiger partial charge in [0, 0.05) is 18.7 Å². The normalized spacial score (nSPS) is 17.6. The third-order valence-corrected chi connectivity index (χ3v) is 10.2. The van der Waals surface area contributed by atoms with E-state index < -0.39 is 67.2 Å². The van der Waals surface area contributed by atoms with E-state index in [1.54, 1.807) is 74.1 Å². The number of anilines is 1. The average Bonchev–Trinajstić information content (AvgIpc) is 3.88. The standard InChI is InChI=1S/C44H42F3N7O9/c1-59-31-17-13-29(14-18-31)43(28-11-7-4-8-12-28,30-15-19-32(60-2)20-16-30)62-23-33-36(56)37(61-24-34(55)48-21-22-49-42(58)44(45,46)47)41(63-33)54-26-52-35-38(50-25-51-39(35)54)53-40(57)27-9-5-3-6-10-27/h3-20,25-26,33,36-37,41,56H,21-24H2,1-2H3,(H,48,55)(H,49,58)(H,50,51,53,57)/t33-,36-,37-,41-/m1/s1. The maximum Gasteiger partial charge on any atom is 0.471 e. The van der Waals surface area contributed by atoms with Gasteiger partial charge in [-0.3, -0.25) is 19.0 Å². The van der Waals surface area contributed by atoms with Crippen molar-refractivity contribution in [1.82, 2.24) is 30.2 Å². The molecule has 1 saturated heterocycles. The number of ether oxygens (including phenoxy) is 5. The minimum Gasteiger partial charge on any atom is -0.497 e. The molecule has 3 heterocycles. The Balaban J connectivity index is 1.20. The molecule has 4 aromatic carbocycles. The van der Waals surface area contributed by atoms with Gasteiger partial charge >= 0.3 is 12.1 Å². The van der Waals surface area contributed by atoms with E-state index in [-0.39, 0.29) is 30.1 Å². The lowest BCUT2D eigenvalue weighted by Gasteiger charge is -2.37. The van der Waals surface area contributed by atoms with Gasteiger partial charge in [-0.25, -0.2) is 15.0 Å². The number of fused-ring (bicyclic) bond motifs is 1. The van der Waals surface area contributed by atoms with Gasteiger partial charge < -0.3 is 44.7 Å². The molecule has 0 radical (unpaired) electrons. The number of nitrogens with one attached hydrogen (secondary N) is 3. The summed E-state index contributed by atoms with van der Waals surface area (Å²) < 4.78 is 69.8. The highest BCUT2D eigenvalue weighted by Crippen LogP contribution is 2.43. The quantitative estimate of drug-likeness (QED) is 0.0739. The minimum absolute atomic E-state index is 0.0899. The molecule has 1 aliphatic rings. The molecule has 6 aromatic rings. The van der Waals surface area contributed by atoms with E-state index >= 15 is 0 Å². The molecule has 7 rings (SSSR count). The SMILES string of the molecule is COc1ccc(C(OC[C@H]2O[C@@H](n3cnc4c(NC(=O)c5ccccc5)ncnc43)[C@H](OCC(=O)NCCNC(=O)C(F)(F)F)[C@@H]2O)(c2ccccc2)c2ccc(OC)cc2)cc1. The number of aromatic nitrogens is 4. The van der Waals surface area contributed by atoms with Crippen LogP contribution >= 0.6 is 0 Å². The van der Waals surface area contributed by atoms with Crippen LogP contribution in [0.5, 0.6) is 11.5 Å². The first-order chi connectivity index (χ1) is 30.4. The zero-order valence-corrected chi connectivity index (χ0v) is 33.8. The maximum absolute atomic E-state index is 13.1. The van der Waals surface area contributed by atoms with Crippen molar-refractivity contribution in [1.29, 1.82) is 0 Å². The first kappa shape index (κ1) is 44.1. The Morgan fingerprint density at radius 2 is 1.37 bits per heavy atom. The molecule has 328 valence electrons. The van der Waals surface area contributed by atoms with Crippen molar-refractivity contribution in [3.8, 4) is 11.5 Å². The number of carbonyl (C=O) groups excluding carboxylic acids is 3. The van der Waals surface area contributed by atoms with E-state index in [1.165, 1.54) is 17.2 Å². The van der Waals surface area contributed by atoms with Gasteiger partial charge in [0.1, 0.15) is 48.3 Å². The molecule has 0 spiro atoms. The number of aliphatic hydroxyl groups is 1. The van der Waals surface area contributed by atoms with Crippen LogP contribution in [0.2, 0.25) is 0 Å². The molecule has 4 N–H and O–H groups in total. The van der Waals surface area contributed by atoms with Crippen LogP contribution in [0, 0.1) is 0 Å². The van der Waals surface area contributed by atoms with Crippen LogP contribution in [-0.2, 0) is 29.4 Å². The lowest BCUT2D eigenvalue weighted by Crippen LogP contribution is -2.43. The zero-order valence-electron chi connectivity index (χ0n) is 33.8. The van der Waals surface area contributed by atoms with Crippen LogP contribution in [-0.4, -0.2) is 107 Å². The summed E-state index contributed by atoms with van der Waals surface area (Å²) in [6.07, 6.45) is -7.60. The van der Waals surface area contributed by atoms with Crippen LogP contribution in [0.1, 0.15) is 33.3 Å². The monoisotopic (exact) mass is 869 g/mol. The van der Waals surface area contributed by atoms with Crippen LogP contribution < -0.4 is 25.4 Å². The van der Waals surface area contributed by atoms with Crippen molar-refractivity contribution < 1.29 is 56.3 Å². The number of carbonyl (C=O) groups is 3. The van der Waals surface area contributed by atoms with Crippen LogP contribution in [0.4, 0.5) is 19.0 Å². The highest BCUT2D eigenvalue weighted by molar-refractivity contribution is 6.06. The summed E-state index contributed by atoms with van der Waals surface area (Å²) >= 11 is 0. The fourth-order valence-electron chi connectivity index (χ4n) is 7.14. The second-order valence-corrected chi connectivity index (χ2v) is 14.1. The second-order valence-electron chi connectivity index (χ2n) is 14.1. The predicted molar refractivity (Wildman–Crippen MR) is 220 cm³/mol. The number of benzene rings is 4. The molecule has 3 amide bonds. The molecule has 2 aromatic heterocycles. The van der Waals surface area contributed by atoms with Crippen molar-refractivity contribution in [3.05, 3.63) is 144 Å². The van der Waals surface area contributed by atoms with Crippen molar-refractivity contribution in [3.63, 3.8) is 0 Å². The van der Waals surface area contributed by atoms with E-state index in [0.717, 1.165) is 5.56 Å². The lowest BCUT2D eigenvalue weighted by molar-refractivity contribution is -0.173. The van der Waals surface area contributed by atoms with Crippen LogP contribution in [0.15, 0.2) is 122 Å². The highest BCUT2D eigenvalue weighted by Gasteiger charge is 2.48. The van der Waals surface area contributed by atoms with Crippen LogP contribution in [0.25, 0.3) is 11.2 Å². The number of rotatable bonds is 17. The predicted octanol–water partition coefficient (Wildman–Crippen LogP) is 4.54. The van der Waals surface area contributed by atoms with Crippen molar-refractivity contribution >= 4 is 34.7 Å². The van der Waals surface area contributed by atoms with Gasteiger partial charge in [-0.15, -0.1) is 0 Å². The first-order valence-corrected chi connectivity index (χ1v) is 19.5. The summed E-state index contributed by atoms with van der Waals surface area (Å²) in [4.78, 5) is 50.3. The Bertz CT molecular complexity index is 2450.